The minimum atomic E-state index is -0.0493. The molecule has 2 atom stereocenters. The molecule has 1 saturated heterocycles. The molecule has 21 heavy (non-hydrogen) atoms. The van der Waals surface area contributed by atoms with Crippen LogP contribution in [0.3, 0.4) is 0 Å². The number of aliphatic hydroxyl groups is 1. The third kappa shape index (κ3) is 4.41. The first-order valence-electron chi connectivity index (χ1n) is 8.82. The van der Waals surface area contributed by atoms with Crippen molar-refractivity contribution in [2.75, 3.05) is 32.8 Å². The number of aliphatic hydroxyl groups excluding tert-OH is 1. The lowest BCUT2D eigenvalue weighted by Crippen LogP contribution is -2.60. The zero-order valence-corrected chi connectivity index (χ0v) is 14.4. The second-order valence-electron chi connectivity index (χ2n) is 7.65. The number of rotatable bonds is 5. The average Bonchev–Trinajstić information content (AvgIpc) is 2.47. The molecule has 1 saturated carbocycles. The molecule has 2 aliphatic rings. The topological polar surface area (TPSA) is 38.7 Å². The Morgan fingerprint density at radius 1 is 1.14 bits per heavy atom. The van der Waals surface area contributed by atoms with Crippen LogP contribution in [0.25, 0.3) is 0 Å². The molecule has 2 N–H and O–H groups in total. The molecule has 4 nitrogen and oxygen atoms in total. The highest BCUT2D eigenvalue weighted by molar-refractivity contribution is 4.98. The van der Waals surface area contributed by atoms with Crippen LogP contribution >= 0.6 is 0 Å². The maximum Gasteiger partial charge on any atom is 0.0613 e. The van der Waals surface area contributed by atoms with E-state index in [0.29, 0.717) is 18.1 Å². The van der Waals surface area contributed by atoms with E-state index in [0.717, 1.165) is 12.8 Å². The Kier molecular flexibility index (Phi) is 6.06. The summed E-state index contributed by atoms with van der Waals surface area (Å²) in [5.41, 5.74) is -0.0493. The fourth-order valence-electron chi connectivity index (χ4n) is 4.19. The molecule has 2 fully saturated rings. The van der Waals surface area contributed by atoms with E-state index < -0.39 is 0 Å². The summed E-state index contributed by atoms with van der Waals surface area (Å²) in [6, 6.07) is 1.75. The SMILES string of the molecule is CC(C)NC1(CO)CCCC(N2CCN(C(C)C)CC2)C1. The van der Waals surface area contributed by atoms with E-state index >= 15 is 0 Å². The lowest BCUT2D eigenvalue weighted by atomic mass is 9.78. The summed E-state index contributed by atoms with van der Waals surface area (Å²) in [4.78, 5) is 5.25. The minimum absolute atomic E-state index is 0.0493. The predicted octanol–water partition coefficient (Wildman–Crippen LogP) is 1.68. The molecule has 0 aromatic heterocycles. The van der Waals surface area contributed by atoms with Crippen LogP contribution in [0.15, 0.2) is 0 Å². The van der Waals surface area contributed by atoms with Gasteiger partial charge in [0.15, 0.2) is 0 Å². The fraction of sp³-hybridized carbons (Fsp3) is 1.00. The van der Waals surface area contributed by atoms with Crippen LogP contribution in [0, 0.1) is 0 Å². The van der Waals surface area contributed by atoms with Crippen molar-refractivity contribution in [2.45, 2.75) is 77.0 Å². The van der Waals surface area contributed by atoms with Crippen LogP contribution in [0.4, 0.5) is 0 Å². The van der Waals surface area contributed by atoms with Crippen LogP contribution < -0.4 is 5.32 Å². The quantitative estimate of drug-likeness (QED) is 0.810. The first-order valence-corrected chi connectivity index (χ1v) is 8.82. The molecule has 124 valence electrons. The van der Waals surface area contributed by atoms with Crippen LogP contribution in [0.5, 0.6) is 0 Å². The Morgan fingerprint density at radius 3 is 2.33 bits per heavy atom. The molecule has 0 aromatic rings. The second kappa shape index (κ2) is 7.40. The molecule has 0 aromatic carbocycles. The number of hydrogen-bond acceptors (Lipinski definition) is 4. The van der Waals surface area contributed by atoms with Gasteiger partial charge in [-0.05, 0) is 39.5 Å². The van der Waals surface area contributed by atoms with Gasteiger partial charge in [-0.3, -0.25) is 9.80 Å². The van der Waals surface area contributed by atoms with E-state index in [1.54, 1.807) is 0 Å². The summed E-state index contributed by atoms with van der Waals surface area (Å²) in [6.07, 6.45) is 4.74. The van der Waals surface area contributed by atoms with Gasteiger partial charge in [-0.1, -0.05) is 13.8 Å². The number of nitrogens with zero attached hydrogens (tertiary/aromatic N) is 2. The van der Waals surface area contributed by atoms with Gasteiger partial charge in [0.1, 0.15) is 0 Å². The molecule has 2 unspecified atom stereocenters. The van der Waals surface area contributed by atoms with Gasteiger partial charge in [0.25, 0.3) is 0 Å². The van der Waals surface area contributed by atoms with E-state index in [1.165, 1.54) is 39.0 Å². The molecule has 0 bridgehead atoms. The summed E-state index contributed by atoms with van der Waals surface area (Å²) in [6.45, 7) is 14.0. The molecule has 1 aliphatic heterocycles. The van der Waals surface area contributed by atoms with Crippen molar-refractivity contribution >= 4 is 0 Å². The van der Waals surface area contributed by atoms with E-state index in [4.69, 9.17) is 0 Å². The predicted molar refractivity (Wildman–Crippen MR) is 88.6 cm³/mol. The Hall–Kier alpha value is -0.160. The Morgan fingerprint density at radius 2 is 1.81 bits per heavy atom. The highest BCUT2D eigenvalue weighted by Gasteiger charge is 2.38. The van der Waals surface area contributed by atoms with Crippen molar-refractivity contribution < 1.29 is 5.11 Å². The number of nitrogens with one attached hydrogen (secondary N) is 1. The highest BCUT2D eigenvalue weighted by Crippen LogP contribution is 2.32. The lowest BCUT2D eigenvalue weighted by Gasteiger charge is -2.48. The third-order valence-electron chi connectivity index (χ3n) is 5.31. The molecular formula is C17H35N3O. The molecule has 0 amide bonds. The average molecular weight is 297 g/mol. The molecule has 0 radical (unpaired) electrons. The largest absolute Gasteiger partial charge is 0.394 e. The van der Waals surface area contributed by atoms with Crippen LogP contribution in [0.2, 0.25) is 0 Å². The summed E-state index contributed by atoms with van der Waals surface area (Å²) in [7, 11) is 0. The first kappa shape index (κ1) is 17.2. The van der Waals surface area contributed by atoms with Gasteiger partial charge in [-0.15, -0.1) is 0 Å². The van der Waals surface area contributed by atoms with Crippen molar-refractivity contribution in [2.24, 2.45) is 0 Å². The molecule has 1 aliphatic carbocycles. The maximum absolute atomic E-state index is 9.93. The van der Waals surface area contributed by atoms with Crippen LogP contribution in [0.1, 0.15) is 53.4 Å². The van der Waals surface area contributed by atoms with Crippen molar-refractivity contribution in [1.82, 2.24) is 15.1 Å². The number of hydrogen-bond donors (Lipinski definition) is 2. The van der Waals surface area contributed by atoms with Gasteiger partial charge in [0.05, 0.1) is 6.61 Å². The zero-order valence-electron chi connectivity index (χ0n) is 14.4. The minimum Gasteiger partial charge on any atom is -0.394 e. The van der Waals surface area contributed by atoms with Crippen molar-refractivity contribution in [3.63, 3.8) is 0 Å². The zero-order chi connectivity index (χ0) is 15.5. The first-order chi connectivity index (χ1) is 9.96. The Balaban J connectivity index is 1.92. The summed E-state index contributed by atoms with van der Waals surface area (Å²) in [5.74, 6) is 0. The fourth-order valence-corrected chi connectivity index (χ4v) is 4.19. The summed E-state index contributed by atoms with van der Waals surface area (Å²) < 4.78 is 0. The Bertz CT molecular complexity index is 313. The lowest BCUT2D eigenvalue weighted by molar-refractivity contribution is 0.0232. The summed E-state index contributed by atoms with van der Waals surface area (Å²) >= 11 is 0. The van der Waals surface area contributed by atoms with Crippen molar-refractivity contribution in [3.05, 3.63) is 0 Å². The van der Waals surface area contributed by atoms with Crippen molar-refractivity contribution in [1.29, 1.82) is 0 Å². The van der Waals surface area contributed by atoms with Crippen LogP contribution in [-0.2, 0) is 0 Å². The molecule has 1 heterocycles. The monoisotopic (exact) mass is 297 g/mol. The Labute approximate surface area is 130 Å². The van der Waals surface area contributed by atoms with Gasteiger partial charge < -0.3 is 10.4 Å². The smallest absolute Gasteiger partial charge is 0.0613 e. The standard InChI is InChI=1S/C17H35N3O/c1-14(2)18-17(13-21)7-5-6-16(12-17)20-10-8-19(9-11-20)15(3)4/h14-16,18,21H,5-13H2,1-4H3. The highest BCUT2D eigenvalue weighted by atomic mass is 16.3. The van der Waals surface area contributed by atoms with Crippen molar-refractivity contribution in [3.8, 4) is 0 Å². The molecule has 4 heteroatoms. The van der Waals surface area contributed by atoms with E-state index in [-0.39, 0.29) is 12.1 Å². The molecule has 0 spiro atoms. The maximum atomic E-state index is 9.93. The van der Waals surface area contributed by atoms with E-state index in [1.807, 2.05) is 0 Å². The molecular weight excluding hydrogens is 262 g/mol. The third-order valence-corrected chi connectivity index (χ3v) is 5.31. The van der Waals surface area contributed by atoms with Gasteiger partial charge in [0.2, 0.25) is 0 Å². The van der Waals surface area contributed by atoms with Gasteiger partial charge in [0, 0.05) is 49.8 Å². The normalized spacial score (nSPS) is 33.0. The van der Waals surface area contributed by atoms with E-state index in [2.05, 4.69) is 42.8 Å². The molecule has 2 rings (SSSR count). The second-order valence-corrected chi connectivity index (χ2v) is 7.65. The van der Waals surface area contributed by atoms with E-state index in [9.17, 15) is 5.11 Å². The number of piperazine rings is 1. The van der Waals surface area contributed by atoms with Gasteiger partial charge >= 0.3 is 0 Å². The summed E-state index contributed by atoms with van der Waals surface area (Å²) in [5, 5.41) is 13.6. The van der Waals surface area contributed by atoms with Gasteiger partial charge in [-0.25, -0.2) is 0 Å². The van der Waals surface area contributed by atoms with Crippen LogP contribution in [-0.4, -0.2) is 71.4 Å². The van der Waals surface area contributed by atoms with Gasteiger partial charge in [-0.2, -0.15) is 0 Å².